The molecular formula is C58H35N3S. The Labute approximate surface area is 363 Å². The van der Waals surface area contributed by atoms with Crippen LogP contribution in [0.25, 0.3) is 98.8 Å². The Bertz CT molecular complexity index is 3520. The number of benzene rings is 9. The molecule has 9 aromatic carbocycles. The van der Waals surface area contributed by atoms with Crippen molar-refractivity contribution in [2.24, 2.45) is 0 Å². The number of fused-ring (bicyclic) bond motifs is 13. The second-order valence-electron chi connectivity index (χ2n) is 16.2. The lowest BCUT2D eigenvalue weighted by atomic mass is 9.68. The molecule has 1 spiro atoms. The first kappa shape index (κ1) is 35.0. The van der Waals surface area contributed by atoms with Crippen LogP contribution in [0.2, 0.25) is 0 Å². The maximum atomic E-state index is 5.29. The molecule has 2 heterocycles. The molecule has 0 N–H and O–H groups in total. The van der Waals surface area contributed by atoms with Crippen molar-refractivity contribution in [3.8, 4) is 78.7 Å². The highest BCUT2D eigenvalue weighted by atomic mass is 32.1. The maximum Gasteiger partial charge on any atom is 0.165 e. The van der Waals surface area contributed by atoms with Crippen LogP contribution in [0.3, 0.4) is 0 Å². The summed E-state index contributed by atoms with van der Waals surface area (Å²) in [5.41, 5.74) is 17.7. The minimum atomic E-state index is -0.423. The quantitative estimate of drug-likeness (QED) is 0.174. The van der Waals surface area contributed by atoms with Gasteiger partial charge < -0.3 is 0 Å². The van der Waals surface area contributed by atoms with Crippen molar-refractivity contribution in [3.05, 3.63) is 235 Å². The molecule has 0 atom stereocenters. The molecule has 3 nitrogen and oxygen atoms in total. The zero-order valence-electron chi connectivity index (χ0n) is 33.5. The largest absolute Gasteiger partial charge is 0.208 e. The van der Waals surface area contributed by atoms with Gasteiger partial charge in [0.2, 0.25) is 0 Å². The van der Waals surface area contributed by atoms with Gasteiger partial charge >= 0.3 is 0 Å². The van der Waals surface area contributed by atoms with Crippen LogP contribution in [0.4, 0.5) is 0 Å². The molecule has 288 valence electrons. The Kier molecular flexibility index (Phi) is 7.69. The molecule has 0 saturated carbocycles. The van der Waals surface area contributed by atoms with E-state index in [1.54, 1.807) is 11.3 Å². The van der Waals surface area contributed by atoms with Crippen molar-refractivity contribution in [3.63, 3.8) is 0 Å². The zero-order chi connectivity index (χ0) is 40.8. The van der Waals surface area contributed by atoms with Gasteiger partial charge in [0, 0.05) is 36.9 Å². The average molecular weight is 806 g/mol. The van der Waals surface area contributed by atoms with Crippen LogP contribution in [0.5, 0.6) is 0 Å². The molecule has 13 rings (SSSR count). The van der Waals surface area contributed by atoms with E-state index in [9.17, 15) is 0 Å². The third kappa shape index (κ3) is 5.02. The Balaban J connectivity index is 0.963. The van der Waals surface area contributed by atoms with Gasteiger partial charge in [-0.1, -0.05) is 200 Å². The topological polar surface area (TPSA) is 38.7 Å². The van der Waals surface area contributed by atoms with E-state index >= 15 is 0 Å². The van der Waals surface area contributed by atoms with Gasteiger partial charge in [0.05, 0.1) is 5.41 Å². The summed E-state index contributed by atoms with van der Waals surface area (Å²) >= 11 is 1.79. The van der Waals surface area contributed by atoms with E-state index in [1.165, 1.54) is 75.8 Å². The molecule has 0 bridgehead atoms. The summed E-state index contributed by atoms with van der Waals surface area (Å²) < 4.78 is 2.43. The Morgan fingerprint density at radius 2 is 0.742 bits per heavy atom. The lowest BCUT2D eigenvalue weighted by molar-refractivity contribution is 0.796. The molecule has 11 aromatic rings. The zero-order valence-corrected chi connectivity index (χ0v) is 34.3. The van der Waals surface area contributed by atoms with Gasteiger partial charge in [-0.2, -0.15) is 0 Å². The number of rotatable bonds is 5. The van der Waals surface area contributed by atoms with Gasteiger partial charge in [-0.25, -0.2) is 15.0 Å². The molecule has 0 aliphatic heterocycles. The minimum absolute atomic E-state index is 0.423. The molecule has 0 fully saturated rings. The second-order valence-corrected chi connectivity index (χ2v) is 17.2. The number of hydrogen-bond donors (Lipinski definition) is 0. The summed E-state index contributed by atoms with van der Waals surface area (Å²) in [5.74, 6) is 1.96. The highest BCUT2D eigenvalue weighted by Gasteiger charge is 2.52. The van der Waals surface area contributed by atoms with E-state index < -0.39 is 5.41 Å². The third-order valence-corrected chi connectivity index (χ3v) is 14.2. The van der Waals surface area contributed by atoms with E-state index in [0.29, 0.717) is 17.5 Å². The van der Waals surface area contributed by atoms with Crippen molar-refractivity contribution < 1.29 is 0 Å². The highest BCUT2D eigenvalue weighted by molar-refractivity contribution is 7.26. The average Bonchev–Trinajstić information content (AvgIpc) is 3.99. The summed E-state index contributed by atoms with van der Waals surface area (Å²) in [5, 5.41) is 2.46. The van der Waals surface area contributed by atoms with E-state index in [1.807, 2.05) is 18.2 Å². The number of thiophene rings is 1. The van der Waals surface area contributed by atoms with Gasteiger partial charge in [-0.15, -0.1) is 11.3 Å². The molecule has 2 aromatic heterocycles. The summed E-state index contributed by atoms with van der Waals surface area (Å²) in [6.45, 7) is 0. The lowest BCUT2D eigenvalue weighted by Crippen LogP contribution is -2.26. The number of nitrogens with zero attached hydrogens (tertiary/aromatic N) is 3. The fourth-order valence-electron chi connectivity index (χ4n) is 10.4. The van der Waals surface area contributed by atoms with Crippen LogP contribution in [-0.2, 0) is 5.41 Å². The van der Waals surface area contributed by atoms with Crippen molar-refractivity contribution in [2.45, 2.75) is 5.41 Å². The fraction of sp³-hybridized carbons (Fsp3) is 0.0172. The molecule has 0 unspecified atom stereocenters. The van der Waals surface area contributed by atoms with Crippen molar-refractivity contribution in [1.29, 1.82) is 0 Å². The normalized spacial score (nSPS) is 13.0. The SMILES string of the molecule is c1ccc(-c2nc(-c3ccccc3-c3ccc(-c4cccc5c4C4(c6ccccc6-c6ccccc64)c4ccccc4-5)cc3)nc(-c3cccc4c3sc3ccccc34)n2)cc1. The molecular weight excluding hydrogens is 771 g/mol. The van der Waals surface area contributed by atoms with Crippen LogP contribution < -0.4 is 0 Å². The highest BCUT2D eigenvalue weighted by Crippen LogP contribution is 2.64. The van der Waals surface area contributed by atoms with Crippen LogP contribution in [-0.4, -0.2) is 15.0 Å². The third-order valence-electron chi connectivity index (χ3n) is 13.0. The predicted molar refractivity (Wildman–Crippen MR) is 256 cm³/mol. The van der Waals surface area contributed by atoms with Crippen molar-refractivity contribution in [2.75, 3.05) is 0 Å². The van der Waals surface area contributed by atoms with E-state index in [2.05, 4.69) is 194 Å². The van der Waals surface area contributed by atoms with Crippen LogP contribution in [0, 0.1) is 0 Å². The van der Waals surface area contributed by atoms with E-state index in [0.717, 1.165) is 27.8 Å². The number of aromatic nitrogens is 3. The van der Waals surface area contributed by atoms with Gasteiger partial charge in [0.15, 0.2) is 17.5 Å². The summed E-state index contributed by atoms with van der Waals surface area (Å²) in [4.78, 5) is 15.6. The fourth-order valence-corrected chi connectivity index (χ4v) is 11.6. The predicted octanol–water partition coefficient (Wildman–Crippen LogP) is 14.9. The molecule has 2 aliphatic rings. The van der Waals surface area contributed by atoms with Gasteiger partial charge in [0.1, 0.15) is 0 Å². The van der Waals surface area contributed by atoms with E-state index in [-0.39, 0.29) is 0 Å². The first-order chi connectivity index (χ1) is 30.8. The minimum Gasteiger partial charge on any atom is -0.208 e. The molecule has 4 heteroatoms. The van der Waals surface area contributed by atoms with Crippen LogP contribution in [0.15, 0.2) is 212 Å². The van der Waals surface area contributed by atoms with Crippen LogP contribution in [0.1, 0.15) is 22.3 Å². The van der Waals surface area contributed by atoms with Crippen LogP contribution >= 0.6 is 11.3 Å². The van der Waals surface area contributed by atoms with Gasteiger partial charge in [-0.05, 0) is 78.9 Å². The molecule has 0 radical (unpaired) electrons. The molecule has 0 saturated heterocycles. The monoisotopic (exact) mass is 805 g/mol. The Morgan fingerprint density at radius 3 is 1.44 bits per heavy atom. The smallest absolute Gasteiger partial charge is 0.165 e. The van der Waals surface area contributed by atoms with Gasteiger partial charge in [-0.3, -0.25) is 0 Å². The van der Waals surface area contributed by atoms with Crippen molar-refractivity contribution >= 4 is 31.5 Å². The first-order valence-electron chi connectivity index (χ1n) is 21.1. The first-order valence-corrected chi connectivity index (χ1v) is 21.9. The van der Waals surface area contributed by atoms with Gasteiger partial charge in [0.25, 0.3) is 0 Å². The number of hydrogen-bond acceptors (Lipinski definition) is 4. The molecule has 62 heavy (non-hydrogen) atoms. The second kappa shape index (κ2) is 13.6. The Hall–Kier alpha value is -7.79. The maximum absolute atomic E-state index is 5.29. The van der Waals surface area contributed by atoms with E-state index in [4.69, 9.17) is 15.0 Å². The molecule has 0 amide bonds. The lowest BCUT2D eigenvalue weighted by Gasteiger charge is -2.32. The summed E-state index contributed by atoms with van der Waals surface area (Å²) in [6.07, 6.45) is 0. The standard InChI is InChI=1S/C58H35N3S/c1-2-16-38(17-3-1)55-59-56(61-57(60-55)48-27-15-26-46-44-22-9-13-31-52(44)62-54(46)48)47-23-5-4-18-39(47)36-32-34-37(35-33-36)40-24-14-25-45-43-21-8-12-30-51(43)58(53(40)45)49-28-10-6-19-41(49)42-20-7-11-29-50(42)58/h1-35H. The summed E-state index contributed by atoms with van der Waals surface area (Å²) in [7, 11) is 0. The van der Waals surface area contributed by atoms with Crippen molar-refractivity contribution in [1.82, 2.24) is 15.0 Å². The summed E-state index contributed by atoms with van der Waals surface area (Å²) in [6, 6.07) is 76.8. The Morgan fingerprint density at radius 1 is 0.290 bits per heavy atom. The molecule has 2 aliphatic carbocycles.